The number of nitrogens with two attached hydrogens (primary N) is 1. The first kappa shape index (κ1) is 21.0. The number of fused-ring (bicyclic) bond motifs is 5. The van der Waals surface area contributed by atoms with E-state index >= 15 is 0 Å². The predicted molar refractivity (Wildman–Crippen MR) is 134 cm³/mol. The topological polar surface area (TPSA) is 83.8 Å². The maximum Gasteiger partial charge on any atom is 0.232 e. The second-order valence-corrected chi connectivity index (χ2v) is 10.7. The van der Waals surface area contributed by atoms with Crippen LogP contribution in [0.1, 0.15) is 11.3 Å². The van der Waals surface area contributed by atoms with Crippen molar-refractivity contribution in [3.63, 3.8) is 0 Å². The summed E-state index contributed by atoms with van der Waals surface area (Å²) in [6, 6.07) is 9.59. The van der Waals surface area contributed by atoms with Crippen LogP contribution in [0.5, 0.6) is 0 Å². The fourth-order valence-electron chi connectivity index (χ4n) is 5.70. The average molecular weight is 487 g/mol. The Kier molecular flexibility index (Phi) is 4.56. The molecule has 2 atom stereocenters. The summed E-state index contributed by atoms with van der Waals surface area (Å²) in [6.45, 7) is 1.77. The molecule has 7 rings (SSSR count). The molecular weight excluding hydrogens is 461 g/mol. The van der Waals surface area contributed by atoms with Crippen LogP contribution in [-0.2, 0) is 13.5 Å². The van der Waals surface area contributed by atoms with E-state index in [0.717, 1.165) is 62.9 Å². The molecule has 0 spiro atoms. The quantitative estimate of drug-likeness (QED) is 0.298. The Hall–Kier alpha value is -3.30. The lowest BCUT2D eigenvalue weighted by Crippen LogP contribution is -2.29. The van der Waals surface area contributed by atoms with Gasteiger partial charge in [0.1, 0.15) is 24.2 Å². The maximum absolute atomic E-state index is 14.5. The number of benzene rings is 1. The highest BCUT2D eigenvalue weighted by atomic mass is 32.2. The molecule has 1 aliphatic heterocycles. The van der Waals surface area contributed by atoms with E-state index in [-0.39, 0.29) is 5.82 Å². The number of hydrogen-bond acceptors (Lipinski definition) is 7. The molecule has 3 aliphatic rings. The van der Waals surface area contributed by atoms with Gasteiger partial charge in [0.25, 0.3) is 0 Å². The summed E-state index contributed by atoms with van der Waals surface area (Å²) in [5.74, 6) is 1.67. The summed E-state index contributed by atoms with van der Waals surface area (Å²) < 4.78 is 16.6. The van der Waals surface area contributed by atoms with Gasteiger partial charge in [-0.2, -0.15) is 4.57 Å². The Morgan fingerprint density at radius 2 is 2.03 bits per heavy atom. The summed E-state index contributed by atoms with van der Waals surface area (Å²) in [4.78, 5) is 17.9. The van der Waals surface area contributed by atoms with Crippen LogP contribution >= 0.6 is 11.8 Å². The minimum atomic E-state index is -0.258. The number of hydrogen-bond donors (Lipinski definition) is 2. The third-order valence-electron chi connectivity index (χ3n) is 7.63. The number of rotatable bonds is 4. The van der Waals surface area contributed by atoms with Gasteiger partial charge in [0.15, 0.2) is 11.4 Å². The number of aromatic nitrogens is 4. The van der Waals surface area contributed by atoms with E-state index in [4.69, 9.17) is 15.7 Å². The van der Waals surface area contributed by atoms with Crippen LogP contribution < -0.4 is 20.5 Å². The highest BCUT2D eigenvalue weighted by molar-refractivity contribution is 7.99. The Balaban J connectivity index is 1.33. The Morgan fingerprint density at radius 1 is 1.20 bits per heavy atom. The van der Waals surface area contributed by atoms with Crippen molar-refractivity contribution in [3.8, 4) is 11.1 Å². The number of nitrogens with zero attached hydrogens (tertiary/aromatic N) is 5. The molecule has 2 fully saturated rings. The van der Waals surface area contributed by atoms with Gasteiger partial charge in [-0.25, -0.2) is 19.3 Å². The third kappa shape index (κ3) is 3.29. The number of halogens is 1. The van der Waals surface area contributed by atoms with Crippen LogP contribution in [0, 0.1) is 17.7 Å². The van der Waals surface area contributed by atoms with E-state index < -0.39 is 0 Å². The summed E-state index contributed by atoms with van der Waals surface area (Å²) in [7, 11) is 3.84. The fourth-order valence-corrected chi connectivity index (χ4v) is 6.47. The zero-order valence-corrected chi connectivity index (χ0v) is 20.3. The first-order valence-electron chi connectivity index (χ1n) is 11.8. The largest absolute Gasteiger partial charge is 0.388 e. The van der Waals surface area contributed by atoms with Crippen LogP contribution in [0.3, 0.4) is 0 Å². The molecule has 35 heavy (non-hydrogen) atoms. The van der Waals surface area contributed by atoms with Gasteiger partial charge in [0.2, 0.25) is 5.52 Å². The second kappa shape index (κ2) is 7.60. The number of pyridine rings is 2. The molecule has 176 valence electrons. The fraction of sp³-hybridized carbons (Fsp3) is 0.308. The Bertz CT molecular complexity index is 1510. The molecule has 3 N–H and O–H groups in total. The van der Waals surface area contributed by atoms with Crippen LogP contribution in [0.2, 0.25) is 0 Å². The highest BCUT2D eigenvalue weighted by Gasteiger charge is 2.54. The number of piperidine rings is 1. The van der Waals surface area contributed by atoms with Gasteiger partial charge >= 0.3 is 0 Å². The third-order valence-corrected chi connectivity index (χ3v) is 8.45. The molecule has 4 heterocycles. The first-order valence-corrected chi connectivity index (χ1v) is 12.7. The molecule has 3 aromatic heterocycles. The number of aryl methyl sites for hydroxylation is 1. The van der Waals surface area contributed by atoms with Crippen molar-refractivity contribution in [2.75, 3.05) is 30.4 Å². The van der Waals surface area contributed by atoms with Crippen molar-refractivity contribution in [3.05, 3.63) is 59.8 Å². The zero-order chi connectivity index (χ0) is 23.8. The van der Waals surface area contributed by atoms with Crippen molar-refractivity contribution in [1.82, 2.24) is 15.0 Å². The molecule has 1 saturated heterocycles. The Labute approximate surface area is 206 Å². The molecule has 0 radical (unpaired) electrons. The minimum absolute atomic E-state index is 0.258. The number of nitrogens with one attached hydrogen (secondary N) is 1. The summed E-state index contributed by atoms with van der Waals surface area (Å²) >= 11 is 1.52. The van der Waals surface area contributed by atoms with E-state index in [9.17, 15) is 4.39 Å². The van der Waals surface area contributed by atoms with Crippen molar-refractivity contribution in [2.24, 2.45) is 24.6 Å². The molecule has 0 amide bonds. The summed E-state index contributed by atoms with van der Waals surface area (Å²) in [5, 5.41) is 3.84. The van der Waals surface area contributed by atoms with Crippen molar-refractivity contribution < 1.29 is 8.96 Å². The van der Waals surface area contributed by atoms with E-state index in [1.165, 1.54) is 11.8 Å². The van der Waals surface area contributed by atoms with E-state index in [1.807, 2.05) is 38.6 Å². The van der Waals surface area contributed by atoms with Gasteiger partial charge in [-0.1, -0.05) is 0 Å². The smallest absolute Gasteiger partial charge is 0.232 e. The zero-order valence-electron chi connectivity index (χ0n) is 19.5. The molecule has 1 aromatic carbocycles. The average Bonchev–Trinajstić information content (AvgIpc) is 3.19. The van der Waals surface area contributed by atoms with Gasteiger partial charge < -0.3 is 16.0 Å². The lowest BCUT2D eigenvalue weighted by molar-refractivity contribution is -0.645. The lowest BCUT2D eigenvalue weighted by Gasteiger charge is -2.23. The normalized spacial score (nSPS) is 21.7. The van der Waals surface area contributed by atoms with Crippen LogP contribution in [0.4, 0.5) is 15.9 Å². The van der Waals surface area contributed by atoms with Gasteiger partial charge in [-0.3, -0.25) is 0 Å². The van der Waals surface area contributed by atoms with Crippen molar-refractivity contribution >= 4 is 34.3 Å². The van der Waals surface area contributed by atoms with Gasteiger partial charge in [-0.15, -0.1) is 0 Å². The second-order valence-electron chi connectivity index (χ2n) is 9.66. The molecule has 2 aliphatic carbocycles. The molecule has 4 aromatic rings. The lowest BCUT2D eigenvalue weighted by atomic mass is 10.0. The van der Waals surface area contributed by atoms with Crippen molar-refractivity contribution in [1.29, 1.82) is 0 Å². The minimum Gasteiger partial charge on any atom is -0.388 e. The summed E-state index contributed by atoms with van der Waals surface area (Å²) in [6.07, 6.45) is 4.54. The number of anilines is 2. The monoisotopic (exact) mass is 486 g/mol. The highest BCUT2D eigenvalue weighted by Crippen LogP contribution is 2.50. The van der Waals surface area contributed by atoms with Crippen molar-refractivity contribution in [2.45, 2.75) is 22.5 Å². The van der Waals surface area contributed by atoms with Crippen LogP contribution in [0.25, 0.3) is 22.2 Å². The molecule has 9 heteroatoms. The molecule has 2 unspecified atom stereocenters. The van der Waals surface area contributed by atoms with Gasteiger partial charge in [-0.05, 0) is 52.9 Å². The standard InChI is InChI=1S/C26H25FN7S/c1-29-20-7-13(27)6-16-15(20)9-21-23(16)25(34-11-17-18(12-34)24(17)28)32-26(31-21)35-14-8-22-19(30-10-14)4-3-5-33(22)2/h3-8,10,17-18,24,29H,9,11-12,28H2,1-2H3/q+1. The molecule has 0 bridgehead atoms. The molecular formula is C26H25FN7S+. The van der Waals surface area contributed by atoms with Crippen LogP contribution in [-0.4, -0.2) is 41.1 Å². The Morgan fingerprint density at radius 3 is 2.83 bits per heavy atom. The van der Waals surface area contributed by atoms with E-state index in [0.29, 0.717) is 29.5 Å². The first-order chi connectivity index (χ1) is 17.0. The molecule has 1 saturated carbocycles. The SMILES string of the molecule is CNc1cc(F)cc2c1Cc1nc(Sc3cnc4ccc[n+](C)c4c3)nc(N3CC4C(N)C4C3)c1-2. The van der Waals surface area contributed by atoms with Crippen LogP contribution in [0.15, 0.2) is 52.8 Å². The van der Waals surface area contributed by atoms with Gasteiger partial charge in [0.05, 0.1) is 5.69 Å². The molecule has 7 nitrogen and oxygen atoms in total. The maximum atomic E-state index is 14.5. The summed E-state index contributed by atoms with van der Waals surface area (Å²) in [5.41, 5.74) is 12.9. The van der Waals surface area contributed by atoms with E-state index in [1.54, 1.807) is 12.1 Å². The predicted octanol–water partition coefficient (Wildman–Crippen LogP) is 3.15. The van der Waals surface area contributed by atoms with Gasteiger partial charge in [0, 0.05) is 67.1 Å². The van der Waals surface area contributed by atoms with E-state index in [2.05, 4.69) is 25.8 Å².